The van der Waals surface area contributed by atoms with Crippen LogP contribution in [0.3, 0.4) is 0 Å². The number of benzene rings is 3. The van der Waals surface area contributed by atoms with Crippen LogP contribution < -0.4 is 14.8 Å². The summed E-state index contributed by atoms with van der Waals surface area (Å²) in [7, 11) is 1.60. The molecule has 40 heavy (non-hydrogen) atoms. The molecule has 208 valence electrons. The summed E-state index contributed by atoms with van der Waals surface area (Å²) in [6.07, 6.45) is 0.809. The molecule has 5 rings (SSSR count). The zero-order valence-corrected chi connectivity index (χ0v) is 24.6. The normalized spacial score (nSPS) is 18.8. The standard InChI is InChI=1S/C30H30BrClN4O4/c1-3-16-40-25-17-23(39-2)12-13-24(25)29-34-27(19-4-8-21(31)9-5-19)28(20-6-10-22(32)11-7-20)36(29)30(38)35-15-14-33-26(37)18-35/h4-13,17,27-28H,3,14-16,18H2,1-2H3,(H,33,37)/t27-,28+/m0/s1. The largest absolute Gasteiger partial charge is 0.497 e. The number of nitrogens with one attached hydrogen (secondary N) is 1. The van der Waals surface area contributed by atoms with E-state index in [4.69, 9.17) is 26.1 Å². The molecule has 0 aliphatic carbocycles. The zero-order chi connectivity index (χ0) is 28.2. The maximum atomic E-state index is 14.4. The van der Waals surface area contributed by atoms with Crippen molar-refractivity contribution in [1.29, 1.82) is 0 Å². The smallest absolute Gasteiger partial charge is 0.326 e. The summed E-state index contributed by atoms with van der Waals surface area (Å²) < 4.78 is 12.6. The van der Waals surface area contributed by atoms with E-state index in [9.17, 15) is 9.59 Å². The number of rotatable bonds is 7. The minimum absolute atomic E-state index is 0.0271. The maximum absolute atomic E-state index is 14.4. The quantitative estimate of drug-likeness (QED) is 0.349. The number of nitrogens with zero attached hydrogens (tertiary/aromatic N) is 3. The Labute approximate surface area is 247 Å². The van der Waals surface area contributed by atoms with Gasteiger partial charge in [-0.15, -0.1) is 0 Å². The Kier molecular flexibility index (Phi) is 8.61. The van der Waals surface area contributed by atoms with Gasteiger partial charge in [-0.05, 0) is 53.9 Å². The fourth-order valence-electron chi connectivity index (χ4n) is 4.95. The molecular formula is C30H30BrClN4O4. The van der Waals surface area contributed by atoms with Gasteiger partial charge in [0.15, 0.2) is 0 Å². The summed E-state index contributed by atoms with van der Waals surface area (Å²) in [6.45, 7) is 3.28. The van der Waals surface area contributed by atoms with Gasteiger partial charge in [-0.3, -0.25) is 14.7 Å². The topological polar surface area (TPSA) is 83.5 Å². The zero-order valence-electron chi connectivity index (χ0n) is 22.3. The first-order valence-corrected chi connectivity index (χ1v) is 14.3. The first-order chi connectivity index (χ1) is 19.4. The Morgan fingerprint density at radius 2 is 1.82 bits per heavy atom. The summed E-state index contributed by atoms with van der Waals surface area (Å²) in [4.78, 5) is 35.1. The van der Waals surface area contributed by atoms with E-state index in [0.29, 0.717) is 47.6 Å². The Hall–Kier alpha value is -3.56. The number of carbonyl (C=O) groups excluding carboxylic acids is 2. The summed E-state index contributed by atoms with van der Waals surface area (Å²) in [6, 6.07) is 19.7. The van der Waals surface area contributed by atoms with Crippen molar-refractivity contribution in [3.05, 3.63) is 92.9 Å². The lowest BCUT2D eigenvalue weighted by molar-refractivity contribution is -0.123. The van der Waals surface area contributed by atoms with E-state index in [-0.39, 0.29) is 18.5 Å². The van der Waals surface area contributed by atoms with Crippen molar-refractivity contribution >= 4 is 45.3 Å². The van der Waals surface area contributed by atoms with E-state index in [1.54, 1.807) is 16.9 Å². The van der Waals surface area contributed by atoms with Crippen LogP contribution in [0.4, 0.5) is 4.79 Å². The van der Waals surface area contributed by atoms with Crippen molar-refractivity contribution in [2.24, 2.45) is 4.99 Å². The third kappa shape index (κ3) is 5.81. The fraction of sp³-hybridized carbons (Fsp3) is 0.300. The SMILES string of the molecule is CCCOc1cc(OC)ccc1C1=N[C@@H](c2ccc(Br)cc2)[C@@H](c2ccc(Cl)cc2)N1C(=O)N1CCNC(=O)C1. The highest BCUT2D eigenvalue weighted by molar-refractivity contribution is 9.10. The molecule has 1 N–H and O–H groups in total. The molecule has 1 fully saturated rings. The fourth-order valence-corrected chi connectivity index (χ4v) is 5.34. The number of amides is 3. The number of carbonyl (C=O) groups is 2. The lowest BCUT2D eigenvalue weighted by Gasteiger charge is -2.35. The molecule has 0 aromatic heterocycles. The second-order valence-electron chi connectivity index (χ2n) is 9.58. The monoisotopic (exact) mass is 624 g/mol. The van der Waals surface area contributed by atoms with Crippen LogP contribution in [-0.2, 0) is 4.79 Å². The van der Waals surface area contributed by atoms with Gasteiger partial charge in [0.05, 0.1) is 25.3 Å². The highest BCUT2D eigenvalue weighted by Gasteiger charge is 2.45. The Morgan fingerprint density at radius 3 is 2.50 bits per heavy atom. The molecule has 0 saturated carbocycles. The molecule has 0 radical (unpaired) electrons. The van der Waals surface area contributed by atoms with Gasteiger partial charge in [0, 0.05) is 28.7 Å². The average molecular weight is 626 g/mol. The van der Waals surface area contributed by atoms with Gasteiger partial charge in [0.2, 0.25) is 5.91 Å². The van der Waals surface area contributed by atoms with Crippen LogP contribution >= 0.6 is 27.5 Å². The molecule has 10 heteroatoms. The van der Waals surface area contributed by atoms with E-state index < -0.39 is 12.1 Å². The van der Waals surface area contributed by atoms with Gasteiger partial charge in [-0.2, -0.15) is 0 Å². The second-order valence-corrected chi connectivity index (χ2v) is 10.9. The van der Waals surface area contributed by atoms with E-state index in [1.807, 2.05) is 73.7 Å². The van der Waals surface area contributed by atoms with Gasteiger partial charge in [-0.1, -0.05) is 58.7 Å². The average Bonchev–Trinajstić information content (AvgIpc) is 3.36. The molecule has 2 aliphatic heterocycles. The van der Waals surface area contributed by atoms with Crippen molar-refractivity contribution in [2.45, 2.75) is 25.4 Å². The number of amidine groups is 1. The lowest BCUT2D eigenvalue weighted by Crippen LogP contribution is -2.55. The molecule has 1 saturated heterocycles. The number of halogens is 2. The van der Waals surface area contributed by atoms with Crippen LogP contribution in [0.25, 0.3) is 0 Å². The second kappa shape index (κ2) is 12.3. The Morgan fingerprint density at radius 1 is 1.10 bits per heavy atom. The van der Waals surface area contributed by atoms with Gasteiger partial charge in [0.1, 0.15) is 29.9 Å². The predicted molar refractivity (Wildman–Crippen MR) is 158 cm³/mol. The van der Waals surface area contributed by atoms with Crippen molar-refractivity contribution in [1.82, 2.24) is 15.1 Å². The number of urea groups is 1. The number of piperazine rings is 1. The number of hydrogen-bond acceptors (Lipinski definition) is 5. The third-order valence-corrected chi connectivity index (χ3v) is 7.68. The number of hydrogen-bond donors (Lipinski definition) is 1. The first-order valence-electron chi connectivity index (χ1n) is 13.1. The van der Waals surface area contributed by atoms with E-state index in [1.165, 1.54) is 0 Å². The lowest BCUT2D eigenvalue weighted by atomic mass is 9.93. The molecule has 3 aromatic carbocycles. The molecular weight excluding hydrogens is 596 g/mol. The number of aliphatic imine (C=N–C) groups is 1. The van der Waals surface area contributed by atoms with Gasteiger partial charge >= 0.3 is 6.03 Å². The van der Waals surface area contributed by atoms with Crippen molar-refractivity contribution < 1.29 is 19.1 Å². The van der Waals surface area contributed by atoms with Gasteiger partial charge in [-0.25, -0.2) is 4.79 Å². The molecule has 2 heterocycles. The minimum Gasteiger partial charge on any atom is -0.497 e. The molecule has 0 bridgehead atoms. The summed E-state index contributed by atoms with van der Waals surface area (Å²) in [5, 5.41) is 3.40. The van der Waals surface area contributed by atoms with E-state index in [2.05, 4.69) is 21.2 Å². The minimum atomic E-state index is -0.493. The van der Waals surface area contributed by atoms with Crippen LogP contribution in [-0.4, -0.2) is 60.9 Å². The predicted octanol–water partition coefficient (Wildman–Crippen LogP) is 6.00. The van der Waals surface area contributed by atoms with Crippen molar-refractivity contribution in [2.75, 3.05) is 33.4 Å². The summed E-state index contributed by atoms with van der Waals surface area (Å²) >= 11 is 9.78. The van der Waals surface area contributed by atoms with Crippen LogP contribution in [0.5, 0.6) is 11.5 Å². The molecule has 8 nitrogen and oxygen atoms in total. The number of ether oxygens (including phenoxy) is 2. The van der Waals surface area contributed by atoms with Gasteiger partial charge in [0.25, 0.3) is 0 Å². The van der Waals surface area contributed by atoms with Crippen LogP contribution in [0.2, 0.25) is 5.02 Å². The van der Waals surface area contributed by atoms with Crippen LogP contribution in [0, 0.1) is 0 Å². The molecule has 0 spiro atoms. The van der Waals surface area contributed by atoms with Crippen molar-refractivity contribution in [3.63, 3.8) is 0 Å². The first kappa shape index (κ1) is 28.0. The molecule has 2 atom stereocenters. The Balaban J connectivity index is 1.69. The molecule has 3 amide bonds. The summed E-state index contributed by atoms with van der Waals surface area (Å²) in [5.74, 6) is 1.48. The van der Waals surface area contributed by atoms with Crippen LogP contribution in [0.15, 0.2) is 76.2 Å². The molecule has 0 unspecified atom stereocenters. The molecule has 2 aliphatic rings. The van der Waals surface area contributed by atoms with Gasteiger partial charge < -0.3 is 19.7 Å². The highest BCUT2D eigenvalue weighted by Crippen LogP contribution is 2.45. The van der Waals surface area contributed by atoms with Crippen molar-refractivity contribution in [3.8, 4) is 11.5 Å². The third-order valence-electron chi connectivity index (χ3n) is 6.90. The number of methoxy groups -OCH3 is 1. The highest BCUT2D eigenvalue weighted by atomic mass is 79.9. The van der Waals surface area contributed by atoms with E-state index >= 15 is 0 Å². The van der Waals surface area contributed by atoms with Crippen LogP contribution in [0.1, 0.15) is 42.1 Å². The maximum Gasteiger partial charge on any atom is 0.326 e. The Bertz CT molecular complexity index is 1410. The molecule has 3 aromatic rings. The summed E-state index contributed by atoms with van der Waals surface area (Å²) in [5.41, 5.74) is 2.48. The van der Waals surface area contributed by atoms with E-state index in [0.717, 1.165) is 22.0 Å².